The molecule has 5 aromatic rings. The molecule has 0 bridgehead atoms. The summed E-state index contributed by atoms with van der Waals surface area (Å²) >= 11 is 0. The highest BCUT2D eigenvalue weighted by molar-refractivity contribution is 5.96. The number of amides is 1. The number of H-pyrrole nitrogens is 2. The van der Waals surface area contributed by atoms with Crippen molar-refractivity contribution >= 4 is 16.8 Å². The zero-order chi connectivity index (χ0) is 27.4. The van der Waals surface area contributed by atoms with Crippen LogP contribution in [0.3, 0.4) is 0 Å². The quantitative estimate of drug-likeness (QED) is 0.201. The van der Waals surface area contributed by atoms with Crippen LogP contribution in [0.4, 0.5) is 0 Å². The van der Waals surface area contributed by atoms with E-state index in [1.165, 1.54) is 17.3 Å². The first-order chi connectivity index (χ1) is 18.9. The molecular formula is C28H33N9O2. The summed E-state index contributed by atoms with van der Waals surface area (Å²) in [6, 6.07) is 6.13. The predicted octanol–water partition coefficient (Wildman–Crippen LogP) is 3.99. The van der Waals surface area contributed by atoms with Gasteiger partial charge >= 0.3 is 0 Å². The van der Waals surface area contributed by atoms with E-state index in [1.54, 1.807) is 0 Å². The van der Waals surface area contributed by atoms with Gasteiger partial charge in [-0.25, -0.2) is 4.98 Å². The number of hydrogen-bond donors (Lipinski definition) is 4. The summed E-state index contributed by atoms with van der Waals surface area (Å²) in [6.07, 6.45) is 6.50. The van der Waals surface area contributed by atoms with Crippen LogP contribution in [-0.4, -0.2) is 54.3 Å². The smallest absolute Gasteiger partial charge is 0.269 e. The van der Waals surface area contributed by atoms with Crippen LogP contribution in [0.25, 0.3) is 33.5 Å². The van der Waals surface area contributed by atoms with Gasteiger partial charge in [0.1, 0.15) is 11.4 Å². The Bertz CT molecular complexity index is 1580. The molecule has 4 N–H and O–H groups in total. The first-order valence-electron chi connectivity index (χ1n) is 13.2. The molecule has 0 aliphatic rings. The molecule has 0 saturated carbocycles. The topological polar surface area (TPSA) is 150 Å². The van der Waals surface area contributed by atoms with Crippen LogP contribution in [0, 0.1) is 12.8 Å². The van der Waals surface area contributed by atoms with E-state index < -0.39 is 0 Å². The minimum Gasteiger partial charge on any atom is -0.425 e. The first kappa shape index (κ1) is 26.2. The van der Waals surface area contributed by atoms with Crippen LogP contribution in [0.5, 0.6) is 0 Å². The van der Waals surface area contributed by atoms with Crippen LogP contribution in [0.1, 0.15) is 54.2 Å². The highest BCUT2D eigenvalue weighted by Gasteiger charge is 2.17. The fourth-order valence-electron chi connectivity index (χ4n) is 4.42. The zero-order valence-corrected chi connectivity index (χ0v) is 22.6. The fraction of sp³-hybridized carbons (Fsp3) is 0.357. The Morgan fingerprint density at radius 1 is 1.13 bits per heavy atom. The Balaban J connectivity index is 1.30. The highest BCUT2D eigenvalue weighted by Crippen LogP contribution is 2.31. The molecule has 1 aromatic carbocycles. The Morgan fingerprint density at radius 2 is 1.97 bits per heavy atom. The molecule has 11 nitrogen and oxygen atoms in total. The summed E-state index contributed by atoms with van der Waals surface area (Å²) in [5.74, 6) is 1.80. The van der Waals surface area contributed by atoms with E-state index in [0.29, 0.717) is 47.9 Å². The average Bonchev–Trinajstić information content (AvgIpc) is 3.67. The molecule has 0 unspecified atom stereocenters. The van der Waals surface area contributed by atoms with Crippen molar-refractivity contribution in [2.24, 2.45) is 5.92 Å². The van der Waals surface area contributed by atoms with Crippen molar-refractivity contribution in [2.75, 3.05) is 13.1 Å². The Labute approximate surface area is 226 Å². The van der Waals surface area contributed by atoms with Gasteiger partial charge in [0.15, 0.2) is 5.82 Å². The lowest BCUT2D eigenvalue weighted by molar-refractivity contribution is 0.0949. The predicted molar refractivity (Wildman–Crippen MR) is 148 cm³/mol. The maximum atomic E-state index is 12.7. The summed E-state index contributed by atoms with van der Waals surface area (Å²) < 4.78 is 5.64. The van der Waals surface area contributed by atoms with Crippen LogP contribution in [0.2, 0.25) is 0 Å². The summed E-state index contributed by atoms with van der Waals surface area (Å²) in [4.78, 5) is 24.7. The first-order valence-corrected chi connectivity index (χ1v) is 13.2. The molecule has 5 rings (SSSR count). The number of nitrogens with zero attached hydrogens (tertiary/aromatic N) is 5. The van der Waals surface area contributed by atoms with Crippen molar-refractivity contribution < 1.29 is 9.21 Å². The number of hydrogen-bond acceptors (Lipinski definition) is 8. The van der Waals surface area contributed by atoms with E-state index in [9.17, 15) is 4.79 Å². The van der Waals surface area contributed by atoms with Crippen molar-refractivity contribution in [1.29, 1.82) is 0 Å². The molecule has 1 amide bonds. The van der Waals surface area contributed by atoms with Gasteiger partial charge in [-0.2, -0.15) is 5.10 Å². The normalized spacial score (nSPS) is 11.5. The molecule has 202 valence electrons. The van der Waals surface area contributed by atoms with Crippen molar-refractivity contribution in [1.82, 2.24) is 46.0 Å². The van der Waals surface area contributed by atoms with E-state index in [4.69, 9.17) is 4.42 Å². The molecular weight excluding hydrogens is 494 g/mol. The summed E-state index contributed by atoms with van der Waals surface area (Å²) in [6.45, 7) is 10.4. The standard InChI is InChI=1S/C28H33N9O2/c1-5-29-12-19-13-30-14-21(17(19)4)18-6-7-22-20(11-18)26(37-34-22)27-32-15-23(33-27)28(38)31-9-8-24-35-36-25(39-24)10-16(2)3/h6-7,11,13-16,29H,5,8-10,12H2,1-4H3,(H,31,38)(H,32,33)(H,34,37). The lowest BCUT2D eigenvalue weighted by Crippen LogP contribution is -2.26. The number of fused-ring (bicyclic) bond motifs is 1. The summed E-state index contributed by atoms with van der Waals surface area (Å²) in [7, 11) is 0. The van der Waals surface area contributed by atoms with E-state index >= 15 is 0 Å². The van der Waals surface area contributed by atoms with E-state index in [1.807, 2.05) is 18.5 Å². The number of carbonyl (C=O) groups excluding carboxylic acids is 1. The number of pyridine rings is 1. The van der Waals surface area contributed by atoms with E-state index in [0.717, 1.165) is 41.5 Å². The van der Waals surface area contributed by atoms with E-state index in [-0.39, 0.29) is 5.91 Å². The monoisotopic (exact) mass is 527 g/mol. The van der Waals surface area contributed by atoms with Gasteiger partial charge in [0.05, 0.1) is 11.7 Å². The highest BCUT2D eigenvalue weighted by atomic mass is 16.4. The second kappa shape index (κ2) is 11.6. The minimum atomic E-state index is -0.268. The maximum Gasteiger partial charge on any atom is 0.269 e. The lowest BCUT2D eigenvalue weighted by atomic mass is 9.98. The van der Waals surface area contributed by atoms with Crippen molar-refractivity contribution in [2.45, 2.75) is 47.1 Å². The van der Waals surface area contributed by atoms with Gasteiger partial charge < -0.3 is 20.0 Å². The third-order valence-electron chi connectivity index (χ3n) is 6.52. The Hall–Kier alpha value is -4.38. The number of nitrogens with one attached hydrogen (secondary N) is 4. The number of aromatic nitrogens is 7. The Morgan fingerprint density at radius 3 is 2.79 bits per heavy atom. The number of carbonyl (C=O) groups is 1. The zero-order valence-electron chi connectivity index (χ0n) is 22.6. The average molecular weight is 528 g/mol. The molecule has 0 radical (unpaired) electrons. The van der Waals surface area contributed by atoms with Gasteiger partial charge in [-0.3, -0.25) is 14.9 Å². The largest absolute Gasteiger partial charge is 0.425 e. The van der Waals surface area contributed by atoms with Crippen molar-refractivity contribution in [3.63, 3.8) is 0 Å². The van der Waals surface area contributed by atoms with Crippen LogP contribution in [-0.2, 0) is 19.4 Å². The molecule has 39 heavy (non-hydrogen) atoms. The second-order valence-corrected chi connectivity index (χ2v) is 9.92. The van der Waals surface area contributed by atoms with Gasteiger partial charge in [0, 0.05) is 49.3 Å². The van der Waals surface area contributed by atoms with E-state index in [2.05, 4.69) is 85.8 Å². The van der Waals surface area contributed by atoms with Crippen LogP contribution in [0.15, 0.2) is 41.2 Å². The van der Waals surface area contributed by atoms with Gasteiger partial charge in [-0.05, 0) is 48.2 Å². The molecule has 0 aliphatic heterocycles. The SMILES string of the molecule is CCNCc1cncc(-c2ccc3[nH]nc(-c4ncc(C(=O)NCCc5nnc(CC(C)C)o5)[nH]4)c3c2)c1C. The van der Waals surface area contributed by atoms with Crippen molar-refractivity contribution in [3.8, 4) is 22.6 Å². The third-order valence-corrected chi connectivity index (χ3v) is 6.52. The summed E-state index contributed by atoms with van der Waals surface area (Å²) in [5.41, 5.74) is 6.32. The van der Waals surface area contributed by atoms with Crippen LogP contribution >= 0.6 is 0 Å². The number of rotatable bonds is 11. The lowest BCUT2D eigenvalue weighted by Gasteiger charge is -2.11. The molecule has 0 saturated heterocycles. The minimum absolute atomic E-state index is 0.268. The third kappa shape index (κ3) is 5.88. The molecule has 0 fully saturated rings. The van der Waals surface area contributed by atoms with Crippen molar-refractivity contribution in [3.05, 3.63) is 65.4 Å². The molecule has 0 spiro atoms. The van der Waals surface area contributed by atoms with Gasteiger partial charge in [-0.15, -0.1) is 10.2 Å². The van der Waals surface area contributed by atoms with Gasteiger partial charge in [0.2, 0.25) is 11.8 Å². The molecule has 0 aliphatic carbocycles. The molecule has 0 atom stereocenters. The number of benzene rings is 1. The Kier molecular flexibility index (Phi) is 7.78. The molecule has 4 aromatic heterocycles. The van der Waals surface area contributed by atoms with Crippen LogP contribution < -0.4 is 10.6 Å². The molecule has 11 heteroatoms. The number of aromatic amines is 2. The molecule has 4 heterocycles. The maximum absolute atomic E-state index is 12.7. The summed E-state index contributed by atoms with van der Waals surface area (Å²) in [5, 5.41) is 22.8. The fourth-order valence-corrected chi connectivity index (χ4v) is 4.42. The number of imidazole rings is 1. The van der Waals surface area contributed by atoms with Gasteiger partial charge in [0.25, 0.3) is 5.91 Å². The van der Waals surface area contributed by atoms with Gasteiger partial charge in [-0.1, -0.05) is 26.8 Å². The second-order valence-electron chi connectivity index (χ2n) is 9.92.